The molecule has 0 spiro atoms. The standard InChI is InChI=1S/C19H36O3Si/c1-16(15-20)14-18-12-9-11-17(22-18)10-7-8-13-21-23(5,6)19(2,3)4/h7-9,11,16-18,20H,10,12-15H2,1-6H3/b8-7-/t16-,17-,18+/m1/s1. The Morgan fingerprint density at radius 3 is 2.65 bits per heavy atom. The summed E-state index contributed by atoms with van der Waals surface area (Å²) in [5.74, 6) is 0.306. The highest BCUT2D eigenvalue weighted by molar-refractivity contribution is 6.74. The summed E-state index contributed by atoms with van der Waals surface area (Å²) in [6.07, 6.45) is 11.8. The van der Waals surface area contributed by atoms with Gasteiger partial charge in [-0.05, 0) is 43.3 Å². The Morgan fingerprint density at radius 1 is 1.35 bits per heavy atom. The first-order valence-corrected chi connectivity index (χ1v) is 11.8. The topological polar surface area (TPSA) is 38.7 Å². The molecular weight excluding hydrogens is 304 g/mol. The number of rotatable bonds is 8. The van der Waals surface area contributed by atoms with Gasteiger partial charge >= 0.3 is 0 Å². The van der Waals surface area contributed by atoms with Crippen molar-refractivity contribution in [3.63, 3.8) is 0 Å². The molecule has 0 aromatic heterocycles. The summed E-state index contributed by atoms with van der Waals surface area (Å²) in [6.45, 7) is 14.3. The summed E-state index contributed by atoms with van der Waals surface area (Å²) in [5, 5.41) is 9.42. The van der Waals surface area contributed by atoms with Crippen molar-refractivity contribution in [3.05, 3.63) is 24.3 Å². The van der Waals surface area contributed by atoms with Gasteiger partial charge in [-0.15, -0.1) is 0 Å². The molecule has 0 saturated carbocycles. The lowest BCUT2D eigenvalue weighted by Crippen LogP contribution is -2.40. The van der Waals surface area contributed by atoms with Gasteiger partial charge in [-0.2, -0.15) is 0 Å². The SMILES string of the molecule is C[C@@H](CO)C[C@@H]1CC=C[C@@H](C/C=C\CO[Si](C)(C)C(C)(C)C)O1. The van der Waals surface area contributed by atoms with Crippen LogP contribution in [0.1, 0.15) is 47.0 Å². The average Bonchev–Trinajstić information content (AvgIpc) is 2.46. The zero-order valence-corrected chi connectivity index (χ0v) is 16.8. The highest BCUT2D eigenvalue weighted by atomic mass is 28.4. The minimum atomic E-state index is -1.65. The monoisotopic (exact) mass is 340 g/mol. The summed E-state index contributed by atoms with van der Waals surface area (Å²) in [5.41, 5.74) is 0. The maximum Gasteiger partial charge on any atom is 0.192 e. The van der Waals surface area contributed by atoms with Crippen molar-refractivity contribution in [2.24, 2.45) is 5.92 Å². The molecular formula is C19H36O3Si. The molecule has 0 fully saturated rings. The van der Waals surface area contributed by atoms with Crippen LogP contribution in [0.2, 0.25) is 18.1 Å². The molecule has 4 heteroatoms. The van der Waals surface area contributed by atoms with E-state index in [0.717, 1.165) is 19.3 Å². The highest BCUT2D eigenvalue weighted by Crippen LogP contribution is 2.36. The Labute approximate surface area is 143 Å². The van der Waals surface area contributed by atoms with Crippen molar-refractivity contribution in [1.29, 1.82) is 0 Å². The summed E-state index contributed by atoms with van der Waals surface area (Å²) >= 11 is 0. The largest absolute Gasteiger partial charge is 0.413 e. The molecule has 1 aliphatic rings. The molecule has 0 aromatic rings. The van der Waals surface area contributed by atoms with E-state index >= 15 is 0 Å². The van der Waals surface area contributed by atoms with E-state index < -0.39 is 8.32 Å². The average molecular weight is 341 g/mol. The molecule has 1 N–H and O–H groups in total. The first-order valence-electron chi connectivity index (χ1n) is 8.87. The van der Waals surface area contributed by atoms with Gasteiger partial charge in [-0.25, -0.2) is 0 Å². The van der Waals surface area contributed by atoms with Crippen molar-refractivity contribution in [2.75, 3.05) is 13.2 Å². The molecule has 1 rings (SSSR count). The van der Waals surface area contributed by atoms with Crippen molar-refractivity contribution in [2.45, 2.75) is 77.3 Å². The fourth-order valence-corrected chi connectivity index (χ4v) is 3.26. The van der Waals surface area contributed by atoms with Crippen LogP contribution in [0.15, 0.2) is 24.3 Å². The van der Waals surface area contributed by atoms with E-state index in [1.165, 1.54) is 0 Å². The number of ether oxygens (including phenoxy) is 1. The second-order valence-corrected chi connectivity index (χ2v) is 13.1. The van der Waals surface area contributed by atoms with Crippen molar-refractivity contribution in [3.8, 4) is 0 Å². The summed E-state index contributed by atoms with van der Waals surface area (Å²) in [6, 6.07) is 0. The Bertz CT molecular complexity index is 396. The van der Waals surface area contributed by atoms with Gasteiger partial charge in [0.2, 0.25) is 0 Å². The molecule has 0 radical (unpaired) electrons. The van der Waals surface area contributed by atoms with Crippen LogP contribution in [0.4, 0.5) is 0 Å². The van der Waals surface area contributed by atoms with E-state index in [1.807, 2.05) is 0 Å². The van der Waals surface area contributed by atoms with Crippen molar-refractivity contribution < 1.29 is 14.3 Å². The fourth-order valence-electron chi connectivity index (χ4n) is 2.31. The third-order valence-corrected chi connectivity index (χ3v) is 9.48. The summed E-state index contributed by atoms with van der Waals surface area (Å²) < 4.78 is 12.2. The van der Waals surface area contributed by atoms with E-state index in [0.29, 0.717) is 12.5 Å². The zero-order valence-electron chi connectivity index (χ0n) is 15.8. The molecule has 134 valence electrons. The normalized spacial score (nSPS) is 24.3. The lowest BCUT2D eigenvalue weighted by Gasteiger charge is -2.35. The van der Waals surface area contributed by atoms with Crippen LogP contribution in [0.25, 0.3) is 0 Å². The molecule has 0 bridgehead atoms. The molecule has 0 unspecified atom stereocenters. The van der Waals surface area contributed by atoms with Crippen molar-refractivity contribution in [1.82, 2.24) is 0 Å². The van der Waals surface area contributed by atoms with Gasteiger partial charge in [0.15, 0.2) is 8.32 Å². The maximum atomic E-state index is 9.16. The van der Waals surface area contributed by atoms with Crippen LogP contribution in [0, 0.1) is 5.92 Å². The molecule has 0 aliphatic carbocycles. The van der Waals surface area contributed by atoms with Crippen LogP contribution in [0.5, 0.6) is 0 Å². The predicted octanol–water partition coefficient (Wildman–Crippen LogP) is 4.69. The highest BCUT2D eigenvalue weighted by Gasteiger charge is 2.36. The minimum absolute atomic E-state index is 0.156. The van der Waals surface area contributed by atoms with Gasteiger partial charge in [0, 0.05) is 6.61 Å². The second-order valence-electron chi connectivity index (χ2n) is 8.26. The van der Waals surface area contributed by atoms with Gasteiger partial charge in [0.05, 0.1) is 18.8 Å². The van der Waals surface area contributed by atoms with Gasteiger partial charge in [0.25, 0.3) is 0 Å². The Kier molecular flexibility index (Phi) is 8.21. The third-order valence-electron chi connectivity index (χ3n) is 4.98. The summed E-state index contributed by atoms with van der Waals surface area (Å²) in [7, 11) is -1.65. The van der Waals surface area contributed by atoms with Crippen LogP contribution in [-0.2, 0) is 9.16 Å². The predicted molar refractivity (Wildman–Crippen MR) is 100 cm³/mol. The molecule has 1 aliphatic heterocycles. The second kappa shape index (κ2) is 9.16. The lowest BCUT2D eigenvalue weighted by molar-refractivity contribution is -0.00852. The van der Waals surface area contributed by atoms with Crippen LogP contribution >= 0.6 is 0 Å². The number of aliphatic hydroxyl groups excluding tert-OH is 1. The number of aliphatic hydroxyl groups is 1. The van der Waals surface area contributed by atoms with Crippen LogP contribution < -0.4 is 0 Å². The zero-order chi connectivity index (χ0) is 17.5. The number of hydrogen-bond donors (Lipinski definition) is 1. The minimum Gasteiger partial charge on any atom is -0.413 e. The third kappa shape index (κ3) is 7.33. The molecule has 0 aromatic carbocycles. The van der Waals surface area contributed by atoms with Gasteiger partial charge in [-0.1, -0.05) is 52.0 Å². The maximum absolute atomic E-state index is 9.16. The fraction of sp³-hybridized carbons (Fsp3) is 0.789. The van der Waals surface area contributed by atoms with E-state index in [2.05, 4.69) is 65.1 Å². The van der Waals surface area contributed by atoms with E-state index in [1.54, 1.807) is 0 Å². The Hall–Kier alpha value is -0.423. The lowest BCUT2D eigenvalue weighted by atomic mass is 9.99. The molecule has 3 nitrogen and oxygen atoms in total. The molecule has 0 amide bonds. The number of hydrogen-bond acceptors (Lipinski definition) is 3. The molecule has 3 atom stereocenters. The van der Waals surface area contributed by atoms with Crippen molar-refractivity contribution >= 4 is 8.32 Å². The quantitative estimate of drug-likeness (QED) is 0.515. The first kappa shape index (κ1) is 20.6. The van der Waals surface area contributed by atoms with Crippen LogP contribution in [-0.4, -0.2) is 38.8 Å². The smallest absolute Gasteiger partial charge is 0.192 e. The molecule has 23 heavy (non-hydrogen) atoms. The van der Waals surface area contributed by atoms with Gasteiger partial charge in [0.1, 0.15) is 0 Å². The molecule has 1 heterocycles. The first-order chi connectivity index (χ1) is 10.7. The van der Waals surface area contributed by atoms with E-state index in [4.69, 9.17) is 14.3 Å². The Morgan fingerprint density at radius 2 is 2.04 bits per heavy atom. The Balaban J connectivity index is 2.32. The van der Waals surface area contributed by atoms with E-state index in [-0.39, 0.29) is 23.9 Å². The van der Waals surface area contributed by atoms with E-state index in [9.17, 15) is 0 Å². The summed E-state index contributed by atoms with van der Waals surface area (Å²) in [4.78, 5) is 0. The van der Waals surface area contributed by atoms with Crippen LogP contribution in [0.3, 0.4) is 0 Å². The van der Waals surface area contributed by atoms with Gasteiger partial charge in [-0.3, -0.25) is 0 Å². The van der Waals surface area contributed by atoms with Gasteiger partial charge < -0.3 is 14.3 Å². The molecule has 0 saturated heterocycles.